The molecule has 0 radical (unpaired) electrons. The number of hydrogen-bond donors (Lipinski definition) is 5. The van der Waals surface area contributed by atoms with Crippen LogP contribution in [0.2, 0.25) is 0 Å². The molecule has 170 valence electrons. The number of nitrogens with one attached hydrogen (secondary N) is 2. The zero-order valence-corrected chi connectivity index (χ0v) is 18.8. The number of aromatic nitrogens is 2. The largest absolute Gasteiger partial charge is 0.399 e. The second kappa shape index (κ2) is 8.64. The number of aliphatic hydroxyl groups excluding tert-OH is 2. The van der Waals surface area contributed by atoms with Gasteiger partial charge in [0.15, 0.2) is 0 Å². The zero-order chi connectivity index (χ0) is 23.7. The van der Waals surface area contributed by atoms with Crippen molar-refractivity contribution in [3.63, 3.8) is 0 Å². The van der Waals surface area contributed by atoms with E-state index in [0.29, 0.717) is 0 Å². The summed E-state index contributed by atoms with van der Waals surface area (Å²) >= 11 is 0. The Morgan fingerprint density at radius 3 is 1.78 bits per heavy atom. The number of fused-ring (bicyclic) bond motifs is 2. The van der Waals surface area contributed by atoms with E-state index in [1.165, 1.54) is 12.1 Å². The average Bonchev–Trinajstić information content (AvgIpc) is 3.38. The third-order valence-electron chi connectivity index (χ3n) is 5.71. The summed E-state index contributed by atoms with van der Waals surface area (Å²) in [7, 11) is 0. The number of non-ortho nitro benzene ring substituents is 1. The van der Waals surface area contributed by atoms with E-state index in [9.17, 15) is 20.3 Å². The summed E-state index contributed by atoms with van der Waals surface area (Å²) in [4.78, 5) is 16.7. The van der Waals surface area contributed by atoms with Crippen LogP contribution in [0.15, 0.2) is 48.5 Å². The lowest BCUT2D eigenvalue weighted by molar-refractivity contribution is -0.384. The third kappa shape index (κ3) is 4.76. The van der Waals surface area contributed by atoms with Crippen molar-refractivity contribution < 1.29 is 15.1 Å². The van der Waals surface area contributed by atoms with Crippen LogP contribution in [-0.4, -0.2) is 38.3 Å². The molecule has 2 aromatic carbocycles. The van der Waals surface area contributed by atoms with Gasteiger partial charge in [-0.2, -0.15) is 0 Å². The summed E-state index contributed by atoms with van der Waals surface area (Å²) in [6, 6.07) is 14.3. The summed E-state index contributed by atoms with van der Waals surface area (Å²) < 4.78 is 0. The molecular formula is C24H30N4O4. The fourth-order valence-corrected chi connectivity index (χ4v) is 3.28. The summed E-state index contributed by atoms with van der Waals surface area (Å²) in [5.41, 5.74) is 9.72. The van der Waals surface area contributed by atoms with Crippen LogP contribution < -0.4 is 5.73 Å². The van der Waals surface area contributed by atoms with Gasteiger partial charge in [-0.25, -0.2) is 0 Å². The van der Waals surface area contributed by atoms with Gasteiger partial charge in [0.1, 0.15) is 0 Å². The van der Waals surface area contributed by atoms with Crippen LogP contribution in [0.5, 0.6) is 0 Å². The highest BCUT2D eigenvalue weighted by Crippen LogP contribution is 2.28. The number of nitrogens with zero attached hydrogens (tertiary/aromatic N) is 1. The van der Waals surface area contributed by atoms with Crippen LogP contribution in [0.4, 0.5) is 11.4 Å². The molecule has 4 aromatic rings. The molecule has 0 amide bonds. The number of nitrogens with two attached hydrogens (primary N) is 1. The fourth-order valence-electron chi connectivity index (χ4n) is 3.28. The molecule has 8 heteroatoms. The predicted molar refractivity (Wildman–Crippen MR) is 128 cm³/mol. The lowest BCUT2D eigenvalue weighted by Gasteiger charge is -2.19. The van der Waals surface area contributed by atoms with Crippen LogP contribution in [0.1, 0.15) is 39.1 Å². The lowest BCUT2D eigenvalue weighted by Crippen LogP contribution is -2.22. The Morgan fingerprint density at radius 1 is 0.844 bits per heavy atom. The number of nitro groups is 1. The Morgan fingerprint density at radius 2 is 1.31 bits per heavy atom. The summed E-state index contributed by atoms with van der Waals surface area (Å²) in [5, 5.41) is 31.1. The fraction of sp³-hybridized carbons (Fsp3) is 0.333. The second-order valence-electron chi connectivity index (χ2n) is 9.33. The molecule has 6 N–H and O–H groups in total. The number of aromatic amines is 2. The monoisotopic (exact) mass is 438 g/mol. The molecule has 0 aliphatic heterocycles. The van der Waals surface area contributed by atoms with Crippen molar-refractivity contribution >= 4 is 33.2 Å². The maximum Gasteiger partial charge on any atom is 0.270 e. The molecule has 8 nitrogen and oxygen atoms in total. The van der Waals surface area contributed by atoms with Gasteiger partial charge in [0, 0.05) is 61.8 Å². The normalized spacial score (nSPS) is 12.1. The van der Waals surface area contributed by atoms with Gasteiger partial charge >= 0.3 is 0 Å². The van der Waals surface area contributed by atoms with Crippen LogP contribution in [0.3, 0.4) is 0 Å². The van der Waals surface area contributed by atoms with Gasteiger partial charge in [-0.1, -0.05) is 27.7 Å². The molecule has 2 heterocycles. The van der Waals surface area contributed by atoms with Crippen molar-refractivity contribution in [2.45, 2.75) is 38.5 Å². The molecule has 0 saturated carbocycles. The van der Waals surface area contributed by atoms with Crippen molar-refractivity contribution in [1.29, 1.82) is 0 Å². The molecule has 0 aliphatic carbocycles. The van der Waals surface area contributed by atoms with E-state index in [2.05, 4.69) is 9.97 Å². The number of anilines is 1. The van der Waals surface area contributed by atoms with Crippen LogP contribution in [0.25, 0.3) is 21.8 Å². The van der Waals surface area contributed by atoms with E-state index in [0.717, 1.165) is 38.9 Å². The molecule has 0 unspecified atom stereocenters. The first kappa shape index (κ1) is 23.3. The smallest absolute Gasteiger partial charge is 0.270 e. The average molecular weight is 439 g/mol. The molecule has 0 bridgehead atoms. The van der Waals surface area contributed by atoms with E-state index in [-0.39, 0.29) is 29.7 Å². The first-order valence-electron chi connectivity index (χ1n) is 10.3. The maximum atomic E-state index is 10.7. The Hall–Kier alpha value is -3.36. The Kier molecular flexibility index (Phi) is 6.29. The number of rotatable bonds is 5. The third-order valence-corrected chi connectivity index (χ3v) is 5.71. The van der Waals surface area contributed by atoms with Gasteiger partial charge in [0.2, 0.25) is 0 Å². The van der Waals surface area contributed by atoms with Crippen LogP contribution >= 0.6 is 0 Å². The van der Waals surface area contributed by atoms with Crippen molar-refractivity contribution in [2.75, 3.05) is 18.9 Å². The summed E-state index contributed by atoms with van der Waals surface area (Å²) in [6.45, 7) is 7.96. The highest BCUT2D eigenvalue weighted by molar-refractivity contribution is 5.84. The van der Waals surface area contributed by atoms with Gasteiger partial charge in [-0.15, -0.1) is 0 Å². The van der Waals surface area contributed by atoms with E-state index in [1.807, 2.05) is 58.0 Å². The molecule has 0 saturated heterocycles. The van der Waals surface area contributed by atoms with Gasteiger partial charge in [0.25, 0.3) is 5.69 Å². The van der Waals surface area contributed by atoms with Gasteiger partial charge in [-0.3, -0.25) is 10.1 Å². The first-order valence-corrected chi connectivity index (χ1v) is 10.3. The SMILES string of the molecule is CC(C)(CO)c1cc2cc(N)ccc2[nH]1.CC(C)(CO)c1cc2cc([N+](=O)[O-])ccc2[nH]1. The topological polar surface area (TPSA) is 141 Å². The predicted octanol–water partition coefficient (Wildman–Crippen LogP) is 4.37. The molecule has 0 aliphatic rings. The minimum absolute atomic E-state index is 0.0158. The molecular weight excluding hydrogens is 408 g/mol. The minimum Gasteiger partial charge on any atom is -0.399 e. The van der Waals surface area contributed by atoms with Gasteiger partial charge < -0.3 is 25.9 Å². The molecule has 0 atom stereocenters. The van der Waals surface area contributed by atoms with Crippen molar-refractivity contribution in [3.05, 3.63) is 70.0 Å². The molecule has 0 spiro atoms. The maximum absolute atomic E-state index is 10.7. The number of nitrogen functional groups attached to an aromatic ring is 1. The van der Waals surface area contributed by atoms with Crippen LogP contribution in [0, 0.1) is 10.1 Å². The summed E-state index contributed by atoms with van der Waals surface area (Å²) in [5.74, 6) is 0. The Labute approximate surface area is 186 Å². The highest BCUT2D eigenvalue weighted by Gasteiger charge is 2.22. The van der Waals surface area contributed by atoms with E-state index >= 15 is 0 Å². The lowest BCUT2D eigenvalue weighted by atomic mass is 9.91. The van der Waals surface area contributed by atoms with Crippen LogP contribution in [-0.2, 0) is 10.8 Å². The number of nitro benzene ring substituents is 1. The quantitative estimate of drug-likeness (QED) is 0.179. The van der Waals surface area contributed by atoms with Crippen molar-refractivity contribution in [1.82, 2.24) is 9.97 Å². The molecule has 32 heavy (non-hydrogen) atoms. The van der Waals surface area contributed by atoms with E-state index < -0.39 is 4.92 Å². The molecule has 0 fully saturated rings. The number of aliphatic hydroxyl groups is 2. The Bertz CT molecular complexity index is 1250. The van der Waals surface area contributed by atoms with Gasteiger partial charge in [-0.05, 0) is 36.4 Å². The van der Waals surface area contributed by atoms with E-state index in [1.54, 1.807) is 6.07 Å². The molecule has 2 aromatic heterocycles. The number of hydrogen-bond acceptors (Lipinski definition) is 5. The standard InChI is InChI=1S/C12H14N2O3.C12H16N2O/c1-12(2,7-15)11-6-8-5-9(14(16)17)3-4-10(8)13-11;1-12(2,7-15)11-6-8-5-9(13)3-4-10(8)14-11/h3-6,13,15H,7H2,1-2H3;3-6,14-15H,7,13H2,1-2H3. The first-order chi connectivity index (χ1) is 15.0. The highest BCUT2D eigenvalue weighted by atomic mass is 16.6. The number of H-pyrrole nitrogens is 2. The van der Waals surface area contributed by atoms with Crippen molar-refractivity contribution in [2.24, 2.45) is 0 Å². The Balaban J connectivity index is 0.000000182. The van der Waals surface area contributed by atoms with Gasteiger partial charge in [0.05, 0.1) is 18.1 Å². The second-order valence-corrected chi connectivity index (χ2v) is 9.33. The van der Waals surface area contributed by atoms with Crippen molar-refractivity contribution in [3.8, 4) is 0 Å². The zero-order valence-electron chi connectivity index (χ0n) is 18.8. The summed E-state index contributed by atoms with van der Waals surface area (Å²) in [6.07, 6.45) is 0. The minimum atomic E-state index is -0.413. The number of benzene rings is 2. The van der Waals surface area contributed by atoms with E-state index in [4.69, 9.17) is 5.73 Å². The molecule has 4 rings (SSSR count).